The van der Waals surface area contributed by atoms with Gasteiger partial charge in [0.1, 0.15) is 11.6 Å². The summed E-state index contributed by atoms with van der Waals surface area (Å²) in [4.78, 5) is 13.8. The van der Waals surface area contributed by atoms with Crippen molar-refractivity contribution in [1.29, 1.82) is 0 Å². The van der Waals surface area contributed by atoms with Gasteiger partial charge in [0.15, 0.2) is 6.61 Å². The second kappa shape index (κ2) is 7.42. The molecular weight excluding hydrogens is 363 g/mol. The Balaban J connectivity index is 0.00000220. The topological polar surface area (TPSA) is 55.6 Å². The number of ether oxygens (including phenoxy) is 1. The lowest BCUT2D eigenvalue weighted by atomic mass is 9.90. The van der Waals surface area contributed by atoms with Gasteiger partial charge < -0.3 is 15.4 Å². The van der Waals surface area contributed by atoms with Crippen LogP contribution in [0.5, 0.6) is 5.75 Å². The molecule has 0 bridgehead atoms. The maximum Gasteiger partial charge on any atom is 0.260 e. The first-order valence-corrected chi connectivity index (χ1v) is 7.28. The average Bonchev–Trinajstić information content (AvgIpc) is 2.81. The number of amides is 1. The maximum atomic E-state index is 12.9. The minimum absolute atomic E-state index is 0. The number of nitrogens with two attached hydrogens (primary N) is 1. The molecular formula is C14H19BrClFN2O2. The zero-order valence-corrected chi connectivity index (χ0v) is 14.2. The van der Waals surface area contributed by atoms with Gasteiger partial charge in [-0.3, -0.25) is 4.79 Å². The fourth-order valence-corrected chi connectivity index (χ4v) is 2.69. The first-order chi connectivity index (χ1) is 9.43. The number of likely N-dealkylation sites (tertiary alicyclic amines) is 1. The molecule has 1 aliphatic heterocycles. The molecule has 118 valence electrons. The Morgan fingerprint density at radius 2 is 2.29 bits per heavy atom. The molecule has 1 atom stereocenters. The number of benzene rings is 1. The molecule has 0 radical (unpaired) electrons. The second-order valence-electron chi connectivity index (χ2n) is 5.44. The number of hydrogen-bond donors (Lipinski definition) is 1. The van der Waals surface area contributed by atoms with E-state index in [1.807, 2.05) is 0 Å². The summed E-state index contributed by atoms with van der Waals surface area (Å²) >= 11 is 3.20. The van der Waals surface area contributed by atoms with Crippen LogP contribution in [0.15, 0.2) is 22.7 Å². The molecule has 1 aromatic rings. The molecule has 0 spiro atoms. The third-order valence-electron chi connectivity index (χ3n) is 3.65. The molecule has 7 heteroatoms. The molecule has 1 heterocycles. The van der Waals surface area contributed by atoms with Crippen molar-refractivity contribution >= 4 is 34.2 Å². The van der Waals surface area contributed by atoms with Crippen LogP contribution < -0.4 is 10.5 Å². The Morgan fingerprint density at radius 1 is 1.57 bits per heavy atom. The smallest absolute Gasteiger partial charge is 0.260 e. The molecule has 0 aromatic heterocycles. The van der Waals surface area contributed by atoms with Crippen LogP contribution in [0.2, 0.25) is 0 Å². The monoisotopic (exact) mass is 380 g/mol. The van der Waals surface area contributed by atoms with E-state index in [4.69, 9.17) is 10.5 Å². The van der Waals surface area contributed by atoms with Gasteiger partial charge in [0.05, 0.1) is 4.47 Å². The summed E-state index contributed by atoms with van der Waals surface area (Å²) in [7, 11) is 0. The largest absolute Gasteiger partial charge is 0.483 e. The van der Waals surface area contributed by atoms with E-state index < -0.39 is 0 Å². The molecule has 1 amide bonds. The van der Waals surface area contributed by atoms with E-state index in [0.717, 1.165) is 6.42 Å². The third-order valence-corrected chi connectivity index (χ3v) is 4.27. The molecule has 2 N–H and O–H groups in total. The Hall–Kier alpha value is -0.850. The molecule has 0 saturated carbocycles. The molecule has 1 unspecified atom stereocenters. The van der Waals surface area contributed by atoms with Crippen LogP contribution in [0, 0.1) is 11.2 Å². The SMILES string of the molecule is CC1(CN)CCN(C(=O)COc2ccc(F)cc2Br)C1.Cl. The van der Waals surface area contributed by atoms with E-state index in [2.05, 4.69) is 22.9 Å². The minimum Gasteiger partial charge on any atom is -0.483 e. The van der Waals surface area contributed by atoms with Gasteiger partial charge in [-0.1, -0.05) is 6.92 Å². The van der Waals surface area contributed by atoms with Gasteiger partial charge in [0.2, 0.25) is 0 Å². The normalized spacial score (nSPS) is 21.0. The van der Waals surface area contributed by atoms with Gasteiger partial charge in [-0.25, -0.2) is 4.39 Å². The molecule has 2 rings (SSSR count). The van der Waals surface area contributed by atoms with Crippen molar-refractivity contribution in [2.24, 2.45) is 11.1 Å². The van der Waals surface area contributed by atoms with Crippen molar-refractivity contribution in [3.05, 3.63) is 28.5 Å². The molecule has 21 heavy (non-hydrogen) atoms. The van der Waals surface area contributed by atoms with Crippen LogP contribution in [-0.2, 0) is 4.79 Å². The number of halogens is 3. The number of carbonyl (C=O) groups is 1. The zero-order valence-electron chi connectivity index (χ0n) is 11.8. The number of nitrogens with zero attached hydrogens (tertiary/aromatic N) is 1. The van der Waals surface area contributed by atoms with Crippen LogP contribution in [-0.4, -0.2) is 37.0 Å². The second-order valence-corrected chi connectivity index (χ2v) is 6.30. The van der Waals surface area contributed by atoms with E-state index >= 15 is 0 Å². The van der Waals surface area contributed by atoms with E-state index in [-0.39, 0.29) is 36.2 Å². The highest BCUT2D eigenvalue weighted by atomic mass is 79.9. The summed E-state index contributed by atoms with van der Waals surface area (Å²) < 4.78 is 18.9. The van der Waals surface area contributed by atoms with E-state index in [1.165, 1.54) is 18.2 Å². The standard InChI is InChI=1S/C14H18BrFN2O2.ClH/c1-14(8-17)4-5-18(9-14)13(19)7-20-12-3-2-10(16)6-11(12)15;/h2-3,6H,4-5,7-9,17H2,1H3;1H. The molecule has 1 aliphatic rings. The summed E-state index contributed by atoms with van der Waals surface area (Å²) in [6, 6.07) is 4.10. The van der Waals surface area contributed by atoms with E-state index in [9.17, 15) is 9.18 Å². The Morgan fingerprint density at radius 3 is 2.86 bits per heavy atom. The fraction of sp³-hybridized carbons (Fsp3) is 0.500. The first kappa shape index (κ1) is 18.2. The van der Waals surface area contributed by atoms with E-state index in [0.29, 0.717) is 29.9 Å². The number of carbonyl (C=O) groups excluding carboxylic acids is 1. The molecule has 0 aliphatic carbocycles. The molecule has 1 saturated heterocycles. The van der Waals surface area contributed by atoms with E-state index in [1.54, 1.807) is 4.90 Å². The molecule has 1 fully saturated rings. The highest BCUT2D eigenvalue weighted by Gasteiger charge is 2.34. The first-order valence-electron chi connectivity index (χ1n) is 6.49. The predicted octanol–water partition coefficient (Wildman–Crippen LogP) is 2.59. The quantitative estimate of drug-likeness (QED) is 0.872. The van der Waals surface area contributed by atoms with Gasteiger partial charge in [0, 0.05) is 13.1 Å². The number of rotatable bonds is 4. The van der Waals surface area contributed by atoms with Crippen molar-refractivity contribution in [1.82, 2.24) is 4.90 Å². The highest BCUT2D eigenvalue weighted by Crippen LogP contribution is 2.29. The minimum atomic E-state index is -0.353. The van der Waals surface area contributed by atoms with Crippen molar-refractivity contribution < 1.29 is 13.9 Å². The Kier molecular flexibility index (Phi) is 6.43. The van der Waals surface area contributed by atoms with Gasteiger partial charge in [-0.05, 0) is 52.5 Å². The van der Waals surface area contributed by atoms with Crippen molar-refractivity contribution in [2.75, 3.05) is 26.2 Å². The van der Waals surface area contributed by atoms with Gasteiger partial charge >= 0.3 is 0 Å². The Bertz CT molecular complexity index is 518. The summed E-state index contributed by atoms with van der Waals surface area (Å²) in [6.45, 7) is 3.97. The van der Waals surface area contributed by atoms with Crippen molar-refractivity contribution in [2.45, 2.75) is 13.3 Å². The lowest BCUT2D eigenvalue weighted by Crippen LogP contribution is -2.36. The van der Waals surface area contributed by atoms with Crippen LogP contribution in [0.1, 0.15) is 13.3 Å². The van der Waals surface area contributed by atoms with Gasteiger partial charge in [0.25, 0.3) is 5.91 Å². The summed E-state index contributed by atoms with van der Waals surface area (Å²) in [5, 5.41) is 0. The highest BCUT2D eigenvalue weighted by molar-refractivity contribution is 9.10. The Labute approximate surface area is 138 Å². The number of hydrogen-bond acceptors (Lipinski definition) is 3. The van der Waals surface area contributed by atoms with Crippen LogP contribution in [0.25, 0.3) is 0 Å². The lowest BCUT2D eigenvalue weighted by molar-refractivity contribution is -0.132. The van der Waals surface area contributed by atoms with Gasteiger partial charge in [-0.15, -0.1) is 12.4 Å². The molecule has 1 aromatic carbocycles. The average molecular weight is 382 g/mol. The lowest BCUT2D eigenvalue weighted by Gasteiger charge is -2.22. The van der Waals surface area contributed by atoms with Crippen LogP contribution in [0.3, 0.4) is 0 Å². The fourth-order valence-electron chi connectivity index (χ4n) is 2.23. The van der Waals surface area contributed by atoms with Crippen molar-refractivity contribution in [3.63, 3.8) is 0 Å². The summed E-state index contributed by atoms with van der Waals surface area (Å²) in [5.41, 5.74) is 5.72. The maximum absolute atomic E-state index is 12.9. The van der Waals surface area contributed by atoms with Crippen LogP contribution >= 0.6 is 28.3 Å². The van der Waals surface area contributed by atoms with Gasteiger partial charge in [-0.2, -0.15) is 0 Å². The predicted molar refractivity (Wildman–Crippen MR) is 85.2 cm³/mol. The van der Waals surface area contributed by atoms with Crippen LogP contribution in [0.4, 0.5) is 4.39 Å². The zero-order chi connectivity index (χ0) is 14.8. The third kappa shape index (κ3) is 4.56. The summed E-state index contributed by atoms with van der Waals surface area (Å²) in [6.07, 6.45) is 0.912. The molecule has 4 nitrogen and oxygen atoms in total. The summed E-state index contributed by atoms with van der Waals surface area (Å²) in [5.74, 6) is 0.0349. The van der Waals surface area contributed by atoms with Crippen molar-refractivity contribution in [3.8, 4) is 5.75 Å².